The summed E-state index contributed by atoms with van der Waals surface area (Å²) in [6.07, 6.45) is 9.32. The van der Waals surface area contributed by atoms with Crippen LogP contribution in [-0.4, -0.2) is 49.1 Å². The highest BCUT2D eigenvalue weighted by atomic mass is 35.5. The van der Waals surface area contributed by atoms with E-state index in [9.17, 15) is 4.79 Å². The van der Waals surface area contributed by atoms with Crippen LogP contribution < -0.4 is 35.4 Å². The monoisotopic (exact) mass is 575 g/mol. The van der Waals surface area contributed by atoms with Gasteiger partial charge in [-0.2, -0.15) is 0 Å². The molecule has 3 heterocycles. The number of likely N-dealkylation sites (tertiary alicyclic amines) is 1. The molecule has 5 atom stereocenters. The minimum Gasteiger partial charge on any atom is -1.00 e. The Morgan fingerprint density at radius 3 is 2.51 bits per heavy atom. The largest absolute Gasteiger partial charge is 1.00 e. The Morgan fingerprint density at radius 1 is 0.974 bits per heavy atom. The van der Waals surface area contributed by atoms with E-state index in [1.807, 2.05) is 6.07 Å². The van der Waals surface area contributed by atoms with Crippen LogP contribution in [0.5, 0.6) is 0 Å². The molecule has 1 spiro atoms. The van der Waals surface area contributed by atoms with Crippen LogP contribution in [0.1, 0.15) is 74.5 Å². The van der Waals surface area contributed by atoms with E-state index in [1.54, 1.807) is 6.07 Å². The average Bonchev–Trinajstić information content (AvgIpc) is 3.30. The topological polar surface area (TPSA) is 53.5 Å². The molecular formula is C32H44Cl2FN3O. The molecule has 2 saturated heterocycles. The molecule has 4 nitrogen and oxygen atoms in total. The Balaban J connectivity index is 0.00000176. The lowest BCUT2D eigenvalue weighted by Crippen LogP contribution is -3.00. The number of rotatable bonds is 3. The van der Waals surface area contributed by atoms with Gasteiger partial charge in [0, 0.05) is 24.6 Å². The number of nitrogens with zero attached hydrogens (tertiary/aromatic N) is 1. The molecule has 6 rings (SSSR count). The molecule has 214 valence electrons. The van der Waals surface area contributed by atoms with E-state index < -0.39 is 5.41 Å². The van der Waals surface area contributed by atoms with Gasteiger partial charge in [-0.1, -0.05) is 61.7 Å². The second-order valence-corrected chi connectivity index (χ2v) is 12.5. The molecule has 2 aromatic rings. The lowest BCUT2D eigenvalue weighted by atomic mass is 9.69. The summed E-state index contributed by atoms with van der Waals surface area (Å²) in [4.78, 5) is 17.0. The average molecular weight is 577 g/mol. The SMILES string of the molecule is C[C@H]1Cc2cccc(F)c2[C@@]2(C[NH2+]CC2C(=O)N2CC[C@@H](c3ccccc3)C[C@H]2C2CCCCC2)C[NH2+]1.[Cl-].[Cl-]. The number of piperidine rings is 1. The minimum atomic E-state index is -0.435. The van der Waals surface area contributed by atoms with E-state index in [4.69, 9.17) is 0 Å². The number of hydrogen-bond donors (Lipinski definition) is 2. The van der Waals surface area contributed by atoms with Crippen molar-refractivity contribution in [1.82, 2.24) is 4.90 Å². The number of quaternary nitrogens is 2. The first kappa shape index (κ1) is 30.3. The molecule has 0 bridgehead atoms. The van der Waals surface area contributed by atoms with E-state index in [1.165, 1.54) is 37.7 Å². The van der Waals surface area contributed by atoms with Gasteiger partial charge in [-0.05, 0) is 61.6 Å². The second-order valence-electron chi connectivity index (χ2n) is 12.5. The van der Waals surface area contributed by atoms with Crippen LogP contribution in [0, 0.1) is 17.7 Å². The van der Waals surface area contributed by atoms with Crippen molar-refractivity contribution in [2.45, 2.75) is 81.7 Å². The molecule has 1 amide bonds. The maximum absolute atomic E-state index is 15.6. The Morgan fingerprint density at radius 2 is 1.74 bits per heavy atom. The van der Waals surface area contributed by atoms with Gasteiger partial charge in [0.2, 0.25) is 5.91 Å². The van der Waals surface area contributed by atoms with Gasteiger partial charge in [-0.25, -0.2) is 4.39 Å². The number of amides is 1. The Bertz CT molecular complexity index is 1110. The van der Waals surface area contributed by atoms with Gasteiger partial charge in [0.15, 0.2) is 0 Å². The third-order valence-corrected chi connectivity index (χ3v) is 10.3. The fourth-order valence-electron chi connectivity index (χ4n) is 8.42. The molecule has 1 aliphatic carbocycles. The molecule has 0 radical (unpaired) electrons. The predicted octanol–water partition coefficient (Wildman–Crippen LogP) is -2.87. The molecular weight excluding hydrogens is 532 g/mol. The first-order valence-corrected chi connectivity index (χ1v) is 14.8. The number of fused-ring (bicyclic) bond motifs is 2. The highest BCUT2D eigenvalue weighted by molar-refractivity contribution is 5.82. The molecule has 4 aliphatic rings. The zero-order valence-corrected chi connectivity index (χ0v) is 24.6. The maximum Gasteiger partial charge on any atom is 0.233 e. The van der Waals surface area contributed by atoms with Crippen molar-refractivity contribution in [3.63, 3.8) is 0 Å². The van der Waals surface area contributed by atoms with Gasteiger partial charge >= 0.3 is 0 Å². The van der Waals surface area contributed by atoms with Crippen LogP contribution in [0.25, 0.3) is 0 Å². The Labute approximate surface area is 245 Å². The summed E-state index contributed by atoms with van der Waals surface area (Å²) in [5.41, 5.74) is 2.94. The highest BCUT2D eigenvalue weighted by Gasteiger charge is 2.57. The van der Waals surface area contributed by atoms with E-state index in [0.717, 1.165) is 56.6 Å². The van der Waals surface area contributed by atoms with Gasteiger partial charge in [0.05, 0.1) is 25.7 Å². The van der Waals surface area contributed by atoms with Gasteiger partial charge in [0.1, 0.15) is 17.2 Å². The van der Waals surface area contributed by atoms with Crippen molar-refractivity contribution in [3.8, 4) is 0 Å². The normalized spacial score (nSPS) is 31.1. The summed E-state index contributed by atoms with van der Waals surface area (Å²) in [7, 11) is 0. The van der Waals surface area contributed by atoms with E-state index in [0.29, 0.717) is 29.8 Å². The Hall–Kier alpha value is -1.66. The minimum absolute atomic E-state index is 0. The smallest absolute Gasteiger partial charge is 0.233 e. The maximum atomic E-state index is 15.6. The summed E-state index contributed by atoms with van der Waals surface area (Å²) < 4.78 is 15.6. The van der Waals surface area contributed by atoms with Crippen molar-refractivity contribution in [2.75, 3.05) is 26.2 Å². The van der Waals surface area contributed by atoms with Crippen molar-refractivity contribution in [2.24, 2.45) is 11.8 Å². The quantitative estimate of drug-likeness (QED) is 0.406. The lowest BCUT2D eigenvalue weighted by molar-refractivity contribution is -0.697. The zero-order valence-electron chi connectivity index (χ0n) is 23.1. The third kappa shape index (κ3) is 5.75. The zero-order chi connectivity index (χ0) is 25.4. The van der Waals surface area contributed by atoms with E-state index in [2.05, 4.69) is 58.9 Å². The number of halogens is 3. The van der Waals surface area contributed by atoms with Crippen LogP contribution in [0.3, 0.4) is 0 Å². The molecule has 1 unspecified atom stereocenters. The standard InChI is InChI=1S/C32H42FN3O.2ClH/c1-22-17-26-13-8-14-28(33)30(26)32(21-35-22)20-34-19-27(32)31(37)36-16-15-25(23-9-4-2-5-10-23)18-29(36)24-11-6-3-7-12-24;;/h2,4-5,8-10,13-14,22,24-25,27,29,34-35H,3,6-7,11-12,15-21H2,1H3;2*1H/t22-,25+,27?,29-,32-;;/m0../s1. The van der Waals surface area contributed by atoms with Crippen LogP contribution in [0.2, 0.25) is 0 Å². The van der Waals surface area contributed by atoms with Gasteiger partial charge in [0.25, 0.3) is 0 Å². The Kier molecular flexibility index (Phi) is 10.0. The highest BCUT2D eigenvalue weighted by Crippen LogP contribution is 2.43. The molecule has 3 fully saturated rings. The molecule has 0 aromatic heterocycles. The second kappa shape index (κ2) is 12.9. The summed E-state index contributed by atoms with van der Waals surface area (Å²) in [5, 5.41) is 4.66. The van der Waals surface area contributed by atoms with Gasteiger partial charge in [-0.3, -0.25) is 4.79 Å². The van der Waals surface area contributed by atoms with Crippen molar-refractivity contribution < 1.29 is 44.6 Å². The first-order valence-electron chi connectivity index (χ1n) is 14.8. The van der Waals surface area contributed by atoms with E-state index >= 15 is 4.39 Å². The van der Waals surface area contributed by atoms with Crippen molar-refractivity contribution in [1.29, 1.82) is 0 Å². The number of hydrogen-bond acceptors (Lipinski definition) is 1. The van der Waals surface area contributed by atoms with Crippen molar-refractivity contribution >= 4 is 5.91 Å². The molecule has 1 saturated carbocycles. The third-order valence-electron chi connectivity index (χ3n) is 10.3. The van der Waals surface area contributed by atoms with Crippen molar-refractivity contribution in [3.05, 3.63) is 71.0 Å². The lowest BCUT2D eigenvalue weighted by Gasteiger charge is -2.46. The first-order chi connectivity index (χ1) is 18.1. The van der Waals surface area contributed by atoms with Crippen LogP contribution in [0.4, 0.5) is 4.39 Å². The number of carbonyl (C=O) groups is 1. The predicted molar refractivity (Wildman–Crippen MR) is 144 cm³/mol. The fourth-order valence-corrected chi connectivity index (χ4v) is 8.42. The molecule has 39 heavy (non-hydrogen) atoms. The van der Waals surface area contributed by atoms with Crippen LogP contribution in [0.15, 0.2) is 48.5 Å². The van der Waals surface area contributed by atoms with Crippen LogP contribution >= 0.6 is 0 Å². The van der Waals surface area contributed by atoms with Crippen LogP contribution in [-0.2, 0) is 16.6 Å². The summed E-state index contributed by atoms with van der Waals surface area (Å²) in [6, 6.07) is 17.2. The number of benzene rings is 2. The molecule has 3 aliphatic heterocycles. The number of nitrogens with two attached hydrogens (primary N) is 2. The van der Waals surface area contributed by atoms with Gasteiger partial charge in [-0.15, -0.1) is 0 Å². The molecule has 4 N–H and O–H groups in total. The summed E-state index contributed by atoms with van der Waals surface area (Å²) in [6.45, 7) is 5.43. The van der Waals surface area contributed by atoms with Gasteiger partial charge < -0.3 is 40.3 Å². The summed E-state index contributed by atoms with van der Waals surface area (Å²) >= 11 is 0. The fraction of sp³-hybridized carbons (Fsp3) is 0.594. The summed E-state index contributed by atoms with van der Waals surface area (Å²) in [5.74, 6) is 1.14. The molecule has 7 heteroatoms. The number of carbonyl (C=O) groups excluding carboxylic acids is 1. The van der Waals surface area contributed by atoms with E-state index in [-0.39, 0.29) is 36.5 Å². The molecule has 2 aromatic carbocycles.